The van der Waals surface area contributed by atoms with Crippen molar-refractivity contribution in [1.82, 2.24) is 19.6 Å². The zero-order valence-electron chi connectivity index (χ0n) is 12.2. The highest BCUT2D eigenvalue weighted by Gasteiger charge is 2.30. The second-order valence-corrected chi connectivity index (χ2v) is 6.63. The zero-order valence-corrected chi connectivity index (χ0v) is 12.2. The maximum atomic E-state index is 4.60. The molecule has 1 aliphatic carbocycles. The largest absolute Gasteiger partial charge is 0.353 e. The minimum atomic E-state index is 0.611. The summed E-state index contributed by atoms with van der Waals surface area (Å²) in [6.07, 6.45) is 7.69. The summed E-state index contributed by atoms with van der Waals surface area (Å²) in [4.78, 5) is 6.98. The molecule has 20 heavy (non-hydrogen) atoms. The predicted molar refractivity (Wildman–Crippen MR) is 77.9 cm³/mol. The molecule has 0 aromatic carbocycles. The van der Waals surface area contributed by atoms with Crippen LogP contribution in [0.4, 0.5) is 5.82 Å². The fourth-order valence-electron chi connectivity index (χ4n) is 3.51. The summed E-state index contributed by atoms with van der Waals surface area (Å²) in [7, 11) is 0. The highest BCUT2D eigenvalue weighted by Crippen LogP contribution is 2.39. The third-order valence-electron chi connectivity index (χ3n) is 4.45. The Morgan fingerprint density at radius 2 is 1.85 bits per heavy atom. The molecule has 106 valence electrons. The Bertz CT molecular complexity index is 620. The van der Waals surface area contributed by atoms with Crippen LogP contribution in [0, 0.1) is 11.8 Å². The number of hydrogen-bond donors (Lipinski definition) is 0. The molecule has 4 rings (SSSR count). The molecule has 0 amide bonds. The Balaban J connectivity index is 1.75. The lowest BCUT2D eigenvalue weighted by Crippen LogP contribution is -2.39. The van der Waals surface area contributed by atoms with E-state index < -0.39 is 0 Å². The Labute approximate surface area is 119 Å². The molecular weight excluding hydrogens is 250 g/mol. The van der Waals surface area contributed by atoms with Gasteiger partial charge < -0.3 is 4.90 Å². The van der Waals surface area contributed by atoms with Gasteiger partial charge >= 0.3 is 0 Å². The molecule has 3 heterocycles. The van der Waals surface area contributed by atoms with Gasteiger partial charge in [-0.05, 0) is 31.1 Å². The van der Waals surface area contributed by atoms with Gasteiger partial charge in [0.1, 0.15) is 5.82 Å². The monoisotopic (exact) mass is 271 g/mol. The van der Waals surface area contributed by atoms with Crippen molar-refractivity contribution in [1.29, 1.82) is 0 Å². The van der Waals surface area contributed by atoms with Crippen LogP contribution in [0.25, 0.3) is 5.65 Å². The van der Waals surface area contributed by atoms with Gasteiger partial charge in [0.25, 0.3) is 0 Å². The van der Waals surface area contributed by atoms with Crippen molar-refractivity contribution in [2.45, 2.75) is 39.0 Å². The van der Waals surface area contributed by atoms with E-state index in [1.165, 1.54) is 19.3 Å². The van der Waals surface area contributed by atoms with Crippen LogP contribution in [0.3, 0.4) is 0 Å². The fourth-order valence-corrected chi connectivity index (χ4v) is 3.51. The zero-order chi connectivity index (χ0) is 13.7. The van der Waals surface area contributed by atoms with Gasteiger partial charge in [0.2, 0.25) is 5.65 Å². The first-order chi connectivity index (χ1) is 9.72. The molecule has 1 aliphatic heterocycles. The van der Waals surface area contributed by atoms with Crippen LogP contribution in [-0.2, 0) is 0 Å². The van der Waals surface area contributed by atoms with E-state index in [9.17, 15) is 0 Å². The van der Waals surface area contributed by atoms with Crippen molar-refractivity contribution in [2.75, 3.05) is 18.0 Å². The minimum Gasteiger partial charge on any atom is -0.353 e. The van der Waals surface area contributed by atoms with E-state index in [2.05, 4.69) is 38.3 Å². The summed E-state index contributed by atoms with van der Waals surface area (Å²) in [6, 6.07) is 0. The molecule has 2 aromatic rings. The molecule has 0 N–H and O–H groups in total. The average Bonchev–Trinajstić information content (AvgIpc) is 3.16. The number of aromatic nitrogens is 4. The van der Waals surface area contributed by atoms with Crippen LogP contribution in [0.15, 0.2) is 12.4 Å². The average molecular weight is 271 g/mol. The Kier molecular flexibility index (Phi) is 2.69. The first kappa shape index (κ1) is 12.1. The van der Waals surface area contributed by atoms with Gasteiger partial charge in [-0.25, -0.2) is 4.98 Å². The van der Waals surface area contributed by atoms with E-state index in [1.54, 1.807) is 0 Å². The molecule has 5 heteroatoms. The first-order valence-corrected chi connectivity index (χ1v) is 7.67. The molecule has 0 radical (unpaired) electrons. The van der Waals surface area contributed by atoms with Crippen molar-refractivity contribution >= 4 is 11.5 Å². The molecule has 2 aromatic heterocycles. The lowest BCUT2D eigenvalue weighted by atomic mass is 9.92. The van der Waals surface area contributed by atoms with Crippen LogP contribution in [0.1, 0.15) is 44.9 Å². The molecular formula is C15H21N5. The molecule has 2 unspecified atom stereocenters. The first-order valence-electron chi connectivity index (χ1n) is 7.67. The van der Waals surface area contributed by atoms with Crippen LogP contribution in [0.2, 0.25) is 0 Å². The second-order valence-electron chi connectivity index (χ2n) is 6.63. The molecule has 0 spiro atoms. The van der Waals surface area contributed by atoms with Gasteiger partial charge in [-0.1, -0.05) is 13.8 Å². The van der Waals surface area contributed by atoms with Gasteiger partial charge in [-0.3, -0.25) is 4.40 Å². The van der Waals surface area contributed by atoms with Crippen LogP contribution >= 0.6 is 0 Å². The second kappa shape index (κ2) is 4.43. The molecule has 5 nitrogen and oxygen atoms in total. The van der Waals surface area contributed by atoms with Crippen molar-refractivity contribution in [3.63, 3.8) is 0 Å². The number of rotatable bonds is 2. The van der Waals surface area contributed by atoms with Gasteiger partial charge in [0.05, 0.1) is 0 Å². The van der Waals surface area contributed by atoms with Crippen molar-refractivity contribution in [3.8, 4) is 0 Å². The summed E-state index contributed by atoms with van der Waals surface area (Å²) < 4.78 is 2.14. The van der Waals surface area contributed by atoms with Gasteiger partial charge in [-0.15, -0.1) is 10.2 Å². The van der Waals surface area contributed by atoms with Crippen LogP contribution in [-0.4, -0.2) is 32.7 Å². The molecule has 2 aliphatic rings. The smallest absolute Gasteiger partial charge is 0.203 e. The van der Waals surface area contributed by atoms with Crippen LogP contribution in [0.5, 0.6) is 0 Å². The van der Waals surface area contributed by atoms with Gasteiger partial charge in [0.15, 0.2) is 5.82 Å². The van der Waals surface area contributed by atoms with E-state index in [1.807, 2.05) is 12.4 Å². The molecule has 2 fully saturated rings. The normalized spacial score (nSPS) is 27.2. The number of piperidine rings is 1. The van der Waals surface area contributed by atoms with E-state index in [0.29, 0.717) is 17.8 Å². The number of nitrogens with zero attached hydrogens (tertiary/aromatic N) is 5. The third kappa shape index (κ3) is 1.96. The third-order valence-corrected chi connectivity index (χ3v) is 4.45. The summed E-state index contributed by atoms with van der Waals surface area (Å²) in [5.74, 6) is 4.16. The predicted octanol–water partition coefficient (Wildman–Crippen LogP) is 2.48. The number of hydrogen-bond acceptors (Lipinski definition) is 4. The van der Waals surface area contributed by atoms with E-state index >= 15 is 0 Å². The lowest BCUT2D eigenvalue weighted by molar-refractivity contribution is 0.355. The molecule has 2 atom stereocenters. The number of fused-ring (bicyclic) bond motifs is 1. The summed E-state index contributed by atoms with van der Waals surface area (Å²) in [5, 5.41) is 8.81. The lowest BCUT2D eigenvalue weighted by Gasteiger charge is -2.35. The summed E-state index contributed by atoms with van der Waals surface area (Å²) in [6.45, 7) is 6.79. The van der Waals surface area contributed by atoms with Crippen molar-refractivity contribution < 1.29 is 0 Å². The molecule has 0 bridgehead atoms. The van der Waals surface area contributed by atoms with Crippen molar-refractivity contribution in [3.05, 3.63) is 18.2 Å². The minimum absolute atomic E-state index is 0.611. The maximum absolute atomic E-state index is 4.60. The Hall–Kier alpha value is -1.65. The van der Waals surface area contributed by atoms with Crippen LogP contribution < -0.4 is 4.90 Å². The summed E-state index contributed by atoms with van der Waals surface area (Å²) in [5.41, 5.74) is 0.927. The Morgan fingerprint density at radius 3 is 2.55 bits per heavy atom. The highest BCUT2D eigenvalue weighted by atomic mass is 15.3. The van der Waals surface area contributed by atoms with Crippen molar-refractivity contribution in [2.24, 2.45) is 11.8 Å². The quantitative estimate of drug-likeness (QED) is 0.842. The SMILES string of the molecule is CC1CC(C)CN(c2nccn3c(C4CC4)nnc23)C1. The highest BCUT2D eigenvalue weighted by molar-refractivity contribution is 5.64. The van der Waals surface area contributed by atoms with E-state index in [4.69, 9.17) is 0 Å². The standard InChI is InChI=1S/C15H21N5/c1-10-7-11(2)9-19(8-10)14-15-18-17-13(12-3-4-12)20(15)6-5-16-14/h5-6,10-12H,3-4,7-9H2,1-2H3. The fraction of sp³-hybridized carbons (Fsp3) is 0.667. The van der Waals surface area contributed by atoms with Gasteiger partial charge in [-0.2, -0.15) is 0 Å². The maximum Gasteiger partial charge on any atom is 0.203 e. The molecule has 1 saturated heterocycles. The number of anilines is 1. The van der Waals surface area contributed by atoms with E-state index in [0.717, 1.165) is 30.4 Å². The Morgan fingerprint density at radius 1 is 1.10 bits per heavy atom. The topological polar surface area (TPSA) is 46.3 Å². The summed E-state index contributed by atoms with van der Waals surface area (Å²) >= 11 is 0. The van der Waals surface area contributed by atoms with E-state index in [-0.39, 0.29) is 0 Å². The molecule has 1 saturated carbocycles. The van der Waals surface area contributed by atoms with Gasteiger partial charge in [0, 0.05) is 31.4 Å².